The summed E-state index contributed by atoms with van der Waals surface area (Å²) in [4.78, 5) is 25.1. The second-order valence-electron chi connectivity index (χ2n) is 7.02. The highest BCUT2D eigenvalue weighted by atomic mass is 19.1. The Balaban J connectivity index is 1.60. The fraction of sp³-hybridized carbons (Fsp3) is 0.120. The number of hydrogen-bond acceptors (Lipinski definition) is 4. The van der Waals surface area contributed by atoms with Crippen molar-refractivity contribution in [3.8, 4) is 11.5 Å². The lowest BCUT2D eigenvalue weighted by Gasteiger charge is -2.08. The molecule has 4 nitrogen and oxygen atoms in total. The third-order valence-electron chi connectivity index (χ3n) is 4.93. The minimum Gasteiger partial charge on any atom is -0.452 e. The van der Waals surface area contributed by atoms with E-state index in [0.29, 0.717) is 16.9 Å². The van der Waals surface area contributed by atoms with Gasteiger partial charge >= 0.3 is 5.97 Å². The summed E-state index contributed by atoms with van der Waals surface area (Å²) in [5.41, 5.74) is 2.93. The SMILES string of the molecule is CCc1ccc(/C=C2\Oc3cc(OC(=O)c4ccccc4F)cc(C)c3C2=O)cc1. The molecule has 0 radical (unpaired) electrons. The van der Waals surface area contributed by atoms with Crippen LogP contribution in [0.4, 0.5) is 4.39 Å². The average molecular weight is 402 g/mol. The summed E-state index contributed by atoms with van der Waals surface area (Å²) in [5, 5.41) is 0. The Morgan fingerprint density at radius 2 is 1.83 bits per heavy atom. The van der Waals surface area contributed by atoms with Crippen LogP contribution in [0.15, 0.2) is 66.4 Å². The first kappa shape index (κ1) is 19.6. The number of hydrogen-bond donors (Lipinski definition) is 0. The van der Waals surface area contributed by atoms with Crippen molar-refractivity contribution in [1.82, 2.24) is 0 Å². The van der Waals surface area contributed by atoms with Crippen molar-refractivity contribution in [3.63, 3.8) is 0 Å². The average Bonchev–Trinajstić information content (AvgIpc) is 3.04. The third-order valence-corrected chi connectivity index (χ3v) is 4.93. The van der Waals surface area contributed by atoms with Gasteiger partial charge in [0.1, 0.15) is 17.3 Å². The van der Waals surface area contributed by atoms with E-state index in [-0.39, 0.29) is 22.9 Å². The molecule has 4 rings (SSSR count). The zero-order valence-electron chi connectivity index (χ0n) is 16.6. The maximum atomic E-state index is 13.8. The Bertz CT molecular complexity index is 1180. The molecule has 0 spiro atoms. The van der Waals surface area contributed by atoms with E-state index >= 15 is 0 Å². The smallest absolute Gasteiger partial charge is 0.346 e. The Hall–Kier alpha value is -3.73. The summed E-state index contributed by atoms with van der Waals surface area (Å²) in [6, 6.07) is 16.5. The number of benzene rings is 3. The quantitative estimate of drug-likeness (QED) is 0.327. The fourth-order valence-corrected chi connectivity index (χ4v) is 3.33. The van der Waals surface area contributed by atoms with Gasteiger partial charge in [-0.25, -0.2) is 9.18 Å². The molecule has 3 aromatic carbocycles. The van der Waals surface area contributed by atoms with E-state index in [2.05, 4.69) is 6.92 Å². The van der Waals surface area contributed by atoms with Crippen LogP contribution in [0.3, 0.4) is 0 Å². The van der Waals surface area contributed by atoms with Crippen LogP contribution in [-0.2, 0) is 6.42 Å². The molecular formula is C25H19FO4. The van der Waals surface area contributed by atoms with E-state index in [9.17, 15) is 14.0 Å². The minimum atomic E-state index is -0.816. The van der Waals surface area contributed by atoms with Crippen LogP contribution in [0, 0.1) is 12.7 Å². The number of halogens is 1. The van der Waals surface area contributed by atoms with Gasteiger partial charge in [0.2, 0.25) is 5.78 Å². The monoisotopic (exact) mass is 402 g/mol. The first-order valence-electron chi connectivity index (χ1n) is 9.61. The van der Waals surface area contributed by atoms with E-state index in [1.54, 1.807) is 25.1 Å². The number of ketones is 1. The summed E-state index contributed by atoms with van der Waals surface area (Å²) in [6.45, 7) is 3.81. The highest BCUT2D eigenvalue weighted by Gasteiger charge is 2.30. The van der Waals surface area contributed by atoms with Crippen molar-refractivity contribution in [2.75, 3.05) is 0 Å². The molecule has 0 aliphatic carbocycles. The fourth-order valence-electron chi connectivity index (χ4n) is 3.33. The Kier molecular flexibility index (Phi) is 5.19. The zero-order valence-corrected chi connectivity index (χ0v) is 16.6. The molecule has 30 heavy (non-hydrogen) atoms. The molecule has 5 heteroatoms. The minimum absolute atomic E-state index is 0.163. The van der Waals surface area contributed by atoms with Gasteiger partial charge in [0, 0.05) is 6.07 Å². The van der Waals surface area contributed by atoms with Gasteiger partial charge in [0.15, 0.2) is 5.76 Å². The van der Waals surface area contributed by atoms with E-state index in [4.69, 9.17) is 9.47 Å². The summed E-state index contributed by atoms with van der Waals surface area (Å²) in [5.74, 6) is -1.01. The van der Waals surface area contributed by atoms with E-state index in [1.165, 1.54) is 29.8 Å². The first-order chi connectivity index (χ1) is 14.5. The predicted octanol–water partition coefficient (Wildman–Crippen LogP) is 5.53. The molecule has 0 bridgehead atoms. The standard InChI is InChI=1S/C25H19FO4/c1-3-16-8-10-17(11-9-16)13-22-24(27)23-15(2)12-18(14-21(23)30-22)29-25(28)19-6-4-5-7-20(19)26/h4-14H,3H2,1-2H3/b22-13-. The topological polar surface area (TPSA) is 52.6 Å². The molecule has 0 unspecified atom stereocenters. The molecule has 0 amide bonds. The maximum absolute atomic E-state index is 13.8. The van der Waals surface area contributed by atoms with Crippen molar-refractivity contribution in [1.29, 1.82) is 0 Å². The third kappa shape index (κ3) is 3.74. The second-order valence-corrected chi connectivity index (χ2v) is 7.02. The molecule has 1 aliphatic rings. The highest BCUT2D eigenvalue weighted by molar-refractivity contribution is 6.15. The van der Waals surface area contributed by atoms with Gasteiger partial charge in [0.25, 0.3) is 0 Å². The van der Waals surface area contributed by atoms with Gasteiger partial charge in [0.05, 0.1) is 11.1 Å². The predicted molar refractivity (Wildman–Crippen MR) is 111 cm³/mol. The highest BCUT2D eigenvalue weighted by Crippen LogP contribution is 2.37. The second kappa shape index (κ2) is 7.95. The number of Topliss-reactive ketones (excluding diaryl/α,β-unsaturated/α-hetero) is 1. The number of rotatable bonds is 4. The van der Waals surface area contributed by atoms with Crippen LogP contribution in [0.2, 0.25) is 0 Å². The lowest BCUT2D eigenvalue weighted by atomic mass is 10.0. The summed E-state index contributed by atoms with van der Waals surface area (Å²) < 4.78 is 24.9. The molecule has 0 saturated carbocycles. The van der Waals surface area contributed by atoms with Crippen molar-refractivity contribution in [2.24, 2.45) is 0 Å². The zero-order chi connectivity index (χ0) is 21.3. The number of fused-ring (bicyclic) bond motifs is 1. The van der Waals surface area contributed by atoms with Crippen molar-refractivity contribution < 1.29 is 23.5 Å². The molecule has 0 aromatic heterocycles. The van der Waals surface area contributed by atoms with Crippen molar-refractivity contribution >= 4 is 17.8 Å². The van der Waals surface area contributed by atoms with Crippen LogP contribution in [0.25, 0.3) is 6.08 Å². The molecule has 0 saturated heterocycles. The molecule has 0 atom stereocenters. The molecule has 3 aromatic rings. The first-order valence-corrected chi connectivity index (χ1v) is 9.61. The number of aryl methyl sites for hydroxylation is 2. The van der Waals surface area contributed by atoms with Gasteiger partial charge in [-0.1, -0.05) is 43.3 Å². The van der Waals surface area contributed by atoms with Gasteiger partial charge < -0.3 is 9.47 Å². The van der Waals surface area contributed by atoms with Crippen LogP contribution in [0.1, 0.15) is 44.3 Å². The molecule has 0 N–H and O–H groups in total. The maximum Gasteiger partial charge on any atom is 0.346 e. The largest absolute Gasteiger partial charge is 0.452 e. The molecule has 1 heterocycles. The van der Waals surface area contributed by atoms with Gasteiger partial charge in [-0.15, -0.1) is 0 Å². The molecule has 150 valence electrons. The molecule has 1 aliphatic heterocycles. The lowest BCUT2D eigenvalue weighted by molar-refractivity contribution is 0.0729. The molecule has 0 fully saturated rings. The van der Waals surface area contributed by atoms with Crippen LogP contribution in [0.5, 0.6) is 11.5 Å². The van der Waals surface area contributed by atoms with E-state index in [0.717, 1.165) is 12.0 Å². The normalized spacial score (nSPS) is 13.8. The van der Waals surface area contributed by atoms with Gasteiger partial charge in [-0.2, -0.15) is 0 Å². The Morgan fingerprint density at radius 3 is 2.53 bits per heavy atom. The van der Waals surface area contributed by atoms with Crippen molar-refractivity contribution in [3.05, 3.63) is 100 Å². The summed E-state index contributed by atoms with van der Waals surface area (Å²) in [7, 11) is 0. The number of carbonyl (C=O) groups excluding carboxylic acids is 2. The number of esters is 1. The van der Waals surface area contributed by atoms with Crippen LogP contribution >= 0.6 is 0 Å². The van der Waals surface area contributed by atoms with Crippen LogP contribution < -0.4 is 9.47 Å². The Morgan fingerprint density at radius 1 is 1.10 bits per heavy atom. The summed E-state index contributed by atoms with van der Waals surface area (Å²) in [6.07, 6.45) is 2.62. The van der Waals surface area contributed by atoms with Crippen molar-refractivity contribution in [2.45, 2.75) is 20.3 Å². The van der Waals surface area contributed by atoms with Gasteiger partial charge in [-0.05, 0) is 54.3 Å². The number of allylic oxidation sites excluding steroid dienone is 1. The summed E-state index contributed by atoms with van der Waals surface area (Å²) >= 11 is 0. The van der Waals surface area contributed by atoms with E-state index in [1.807, 2.05) is 24.3 Å². The lowest BCUT2D eigenvalue weighted by Crippen LogP contribution is -2.10. The van der Waals surface area contributed by atoms with E-state index < -0.39 is 11.8 Å². The number of carbonyl (C=O) groups is 2. The molecular weight excluding hydrogens is 383 g/mol. The number of ether oxygens (including phenoxy) is 2. The van der Waals surface area contributed by atoms with Gasteiger partial charge in [-0.3, -0.25) is 4.79 Å². The van der Waals surface area contributed by atoms with Crippen LogP contribution in [-0.4, -0.2) is 11.8 Å². The Labute approximate surface area is 173 Å².